The monoisotopic (exact) mass is 284 g/mol. The molecule has 0 bridgehead atoms. The van der Waals surface area contributed by atoms with E-state index in [1.54, 1.807) is 0 Å². The first-order chi connectivity index (χ1) is 10.1. The summed E-state index contributed by atoms with van der Waals surface area (Å²) in [5, 5.41) is 11.0. The summed E-state index contributed by atoms with van der Waals surface area (Å²) in [7, 11) is 0. The summed E-state index contributed by atoms with van der Waals surface area (Å²) in [5.41, 5.74) is 0.968. The minimum Gasteiger partial charge on any atom is -0.481 e. The maximum absolute atomic E-state index is 11.9. The molecule has 1 aliphatic carbocycles. The van der Waals surface area contributed by atoms with Crippen LogP contribution in [0, 0.1) is 11.8 Å². The third kappa shape index (κ3) is 2.75. The van der Waals surface area contributed by atoms with Crippen molar-refractivity contribution in [1.82, 2.24) is 0 Å². The van der Waals surface area contributed by atoms with Crippen molar-refractivity contribution < 1.29 is 19.4 Å². The highest BCUT2D eigenvalue weighted by atomic mass is 16.5. The van der Waals surface area contributed by atoms with Crippen LogP contribution in [-0.2, 0) is 20.9 Å². The van der Waals surface area contributed by atoms with E-state index in [1.165, 1.54) is 0 Å². The molecule has 2 aromatic rings. The molecule has 0 atom stereocenters. The predicted molar refractivity (Wildman–Crippen MR) is 77.6 cm³/mol. The molecule has 1 saturated carbocycles. The minimum absolute atomic E-state index is 0.231. The highest BCUT2D eigenvalue weighted by Gasteiger charge is 2.39. The largest absolute Gasteiger partial charge is 0.481 e. The molecule has 0 radical (unpaired) electrons. The Bertz CT molecular complexity index is 681. The quantitative estimate of drug-likeness (QED) is 0.877. The van der Waals surface area contributed by atoms with E-state index in [0.717, 1.165) is 16.3 Å². The molecule has 1 aliphatic rings. The fourth-order valence-electron chi connectivity index (χ4n) is 2.70. The first kappa shape index (κ1) is 13.6. The van der Waals surface area contributed by atoms with E-state index in [0.29, 0.717) is 12.8 Å². The number of ether oxygens (including phenoxy) is 1. The number of fused-ring (bicyclic) bond motifs is 1. The average molecular weight is 284 g/mol. The molecular weight excluding hydrogens is 268 g/mol. The van der Waals surface area contributed by atoms with E-state index in [-0.39, 0.29) is 24.4 Å². The number of carbonyl (C=O) groups excluding carboxylic acids is 1. The summed E-state index contributed by atoms with van der Waals surface area (Å²) in [4.78, 5) is 22.6. The highest BCUT2D eigenvalue weighted by molar-refractivity contribution is 5.86. The number of carbonyl (C=O) groups is 2. The Hall–Kier alpha value is -2.36. The van der Waals surface area contributed by atoms with Crippen molar-refractivity contribution in [2.24, 2.45) is 11.8 Å². The summed E-state index contributed by atoms with van der Waals surface area (Å²) < 4.78 is 5.34. The second kappa shape index (κ2) is 5.56. The highest BCUT2D eigenvalue weighted by Crippen LogP contribution is 2.35. The van der Waals surface area contributed by atoms with E-state index in [4.69, 9.17) is 9.84 Å². The fourth-order valence-corrected chi connectivity index (χ4v) is 2.70. The van der Waals surface area contributed by atoms with Gasteiger partial charge in [-0.2, -0.15) is 0 Å². The third-order valence-electron chi connectivity index (χ3n) is 4.07. The number of benzene rings is 2. The molecular formula is C17H16O4. The first-order valence-corrected chi connectivity index (χ1v) is 7.01. The van der Waals surface area contributed by atoms with Gasteiger partial charge in [-0.1, -0.05) is 42.5 Å². The smallest absolute Gasteiger partial charge is 0.309 e. The molecule has 0 heterocycles. The number of aliphatic carboxylic acids is 1. The van der Waals surface area contributed by atoms with Gasteiger partial charge in [0.25, 0.3) is 0 Å². The second-order valence-corrected chi connectivity index (χ2v) is 5.45. The standard InChI is InChI=1S/C17H16O4/c18-16(19)13-8-14(9-13)17(20)21-10-12-6-3-5-11-4-1-2-7-15(11)12/h1-7,13-14H,8-10H2,(H,18,19). The van der Waals surface area contributed by atoms with Crippen molar-refractivity contribution >= 4 is 22.7 Å². The molecule has 0 aliphatic heterocycles. The zero-order chi connectivity index (χ0) is 14.8. The molecule has 1 fully saturated rings. The lowest BCUT2D eigenvalue weighted by Gasteiger charge is -2.30. The van der Waals surface area contributed by atoms with Crippen molar-refractivity contribution in [3.8, 4) is 0 Å². The van der Waals surface area contributed by atoms with Crippen molar-refractivity contribution in [3.63, 3.8) is 0 Å². The number of carboxylic acids is 1. The van der Waals surface area contributed by atoms with Crippen LogP contribution in [0.15, 0.2) is 42.5 Å². The topological polar surface area (TPSA) is 63.6 Å². The van der Waals surface area contributed by atoms with Crippen molar-refractivity contribution in [1.29, 1.82) is 0 Å². The van der Waals surface area contributed by atoms with Crippen LogP contribution >= 0.6 is 0 Å². The van der Waals surface area contributed by atoms with E-state index in [1.807, 2.05) is 42.5 Å². The van der Waals surface area contributed by atoms with Crippen molar-refractivity contribution in [3.05, 3.63) is 48.0 Å². The number of hydrogen-bond donors (Lipinski definition) is 1. The molecule has 108 valence electrons. The molecule has 0 saturated heterocycles. The number of carboxylic acid groups (broad SMARTS) is 1. The maximum Gasteiger partial charge on any atom is 0.309 e. The zero-order valence-corrected chi connectivity index (χ0v) is 11.5. The van der Waals surface area contributed by atoms with Gasteiger partial charge in [0.05, 0.1) is 11.8 Å². The number of hydrogen-bond acceptors (Lipinski definition) is 3. The van der Waals surface area contributed by atoms with Crippen molar-refractivity contribution in [2.45, 2.75) is 19.4 Å². The van der Waals surface area contributed by atoms with Crippen LogP contribution in [0.25, 0.3) is 10.8 Å². The van der Waals surface area contributed by atoms with Crippen LogP contribution in [-0.4, -0.2) is 17.0 Å². The van der Waals surface area contributed by atoms with Crippen LogP contribution < -0.4 is 0 Å². The van der Waals surface area contributed by atoms with Gasteiger partial charge in [0.15, 0.2) is 0 Å². The molecule has 0 amide bonds. The Labute approximate surface area is 122 Å². The summed E-state index contributed by atoms with van der Waals surface area (Å²) in [6.07, 6.45) is 0.785. The predicted octanol–water partition coefficient (Wildman–Crippen LogP) is 2.99. The molecule has 1 N–H and O–H groups in total. The van der Waals surface area contributed by atoms with Gasteiger partial charge in [-0.3, -0.25) is 9.59 Å². The molecule has 0 aromatic heterocycles. The molecule has 0 spiro atoms. The number of rotatable bonds is 4. The van der Waals surface area contributed by atoms with Crippen molar-refractivity contribution in [2.75, 3.05) is 0 Å². The van der Waals surface area contributed by atoms with E-state index in [9.17, 15) is 9.59 Å². The SMILES string of the molecule is O=C(O)C1CC(C(=O)OCc2cccc3ccccc23)C1. The maximum atomic E-state index is 11.9. The van der Waals surface area contributed by atoms with Gasteiger partial charge in [-0.15, -0.1) is 0 Å². The van der Waals surface area contributed by atoms with E-state index < -0.39 is 5.97 Å². The summed E-state index contributed by atoms with van der Waals surface area (Å²) in [6, 6.07) is 13.8. The van der Waals surface area contributed by atoms with Crippen LogP contribution in [0.1, 0.15) is 18.4 Å². The summed E-state index contributed by atoms with van der Waals surface area (Å²) in [5.74, 6) is -1.77. The lowest BCUT2D eigenvalue weighted by Crippen LogP contribution is -2.36. The van der Waals surface area contributed by atoms with Gasteiger partial charge in [0.1, 0.15) is 6.61 Å². The minimum atomic E-state index is -0.826. The molecule has 4 heteroatoms. The van der Waals surface area contributed by atoms with Gasteiger partial charge in [0.2, 0.25) is 0 Å². The Balaban J connectivity index is 1.62. The van der Waals surface area contributed by atoms with Gasteiger partial charge >= 0.3 is 11.9 Å². The Morgan fingerprint density at radius 1 is 1.05 bits per heavy atom. The van der Waals surface area contributed by atoms with Gasteiger partial charge in [-0.05, 0) is 29.2 Å². The van der Waals surface area contributed by atoms with Crippen LogP contribution in [0.3, 0.4) is 0 Å². The number of esters is 1. The van der Waals surface area contributed by atoms with Crippen LogP contribution in [0.2, 0.25) is 0 Å². The molecule has 21 heavy (non-hydrogen) atoms. The zero-order valence-electron chi connectivity index (χ0n) is 11.5. The molecule has 4 nitrogen and oxygen atoms in total. The van der Waals surface area contributed by atoms with E-state index in [2.05, 4.69) is 0 Å². The molecule has 2 aromatic carbocycles. The fraction of sp³-hybridized carbons (Fsp3) is 0.294. The van der Waals surface area contributed by atoms with Crippen LogP contribution in [0.5, 0.6) is 0 Å². The molecule has 0 unspecified atom stereocenters. The Morgan fingerprint density at radius 2 is 1.76 bits per heavy atom. The van der Waals surface area contributed by atoms with Gasteiger partial charge < -0.3 is 9.84 Å². The average Bonchev–Trinajstić information content (AvgIpc) is 2.43. The van der Waals surface area contributed by atoms with Gasteiger partial charge in [-0.25, -0.2) is 0 Å². The first-order valence-electron chi connectivity index (χ1n) is 7.01. The second-order valence-electron chi connectivity index (χ2n) is 5.45. The molecule has 3 rings (SSSR count). The van der Waals surface area contributed by atoms with Crippen LogP contribution in [0.4, 0.5) is 0 Å². The summed E-state index contributed by atoms with van der Waals surface area (Å²) in [6.45, 7) is 0.231. The lowest BCUT2D eigenvalue weighted by atomic mass is 9.75. The van der Waals surface area contributed by atoms with E-state index >= 15 is 0 Å². The third-order valence-corrected chi connectivity index (χ3v) is 4.07. The van der Waals surface area contributed by atoms with Gasteiger partial charge in [0, 0.05) is 0 Å². The normalized spacial score (nSPS) is 20.8. The lowest BCUT2D eigenvalue weighted by molar-refractivity contribution is -0.159. The Morgan fingerprint density at radius 3 is 2.52 bits per heavy atom. The summed E-state index contributed by atoms with van der Waals surface area (Å²) >= 11 is 0. The Kier molecular flexibility index (Phi) is 3.60.